The first-order valence-electron chi connectivity index (χ1n) is 7.01. The van der Waals surface area contributed by atoms with Gasteiger partial charge in [0.25, 0.3) is 5.91 Å². The number of nitrogens with zero attached hydrogens (tertiary/aromatic N) is 2. The first-order chi connectivity index (χ1) is 10.1. The van der Waals surface area contributed by atoms with Crippen LogP contribution in [0.3, 0.4) is 0 Å². The van der Waals surface area contributed by atoms with E-state index in [1.165, 1.54) is 0 Å². The van der Waals surface area contributed by atoms with Gasteiger partial charge in [-0.15, -0.1) is 0 Å². The van der Waals surface area contributed by atoms with Crippen molar-refractivity contribution in [2.24, 2.45) is 5.41 Å². The maximum absolute atomic E-state index is 12.5. The smallest absolute Gasteiger partial charge is 0.311 e. The maximum Gasteiger partial charge on any atom is 0.311 e. The summed E-state index contributed by atoms with van der Waals surface area (Å²) in [5, 5.41) is 17.0. The van der Waals surface area contributed by atoms with Gasteiger partial charge in [-0.05, 0) is 31.0 Å². The number of fused-ring (bicyclic) bond motifs is 1. The molecule has 1 aliphatic heterocycles. The lowest BCUT2D eigenvalue weighted by atomic mass is 9.84. The number of carbonyl (C=O) groups excluding carboxylic acids is 1. The highest BCUT2D eigenvalue weighted by molar-refractivity contribution is 5.98. The van der Waals surface area contributed by atoms with E-state index in [0.717, 1.165) is 10.9 Å². The monoisotopic (exact) mass is 287 g/mol. The van der Waals surface area contributed by atoms with E-state index < -0.39 is 11.4 Å². The van der Waals surface area contributed by atoms with E-state index in [0.29, 0.717) is 24.9 Å². The molecule has 0 saturated carbocycles. The van der Waals surface area contributed by atoms with Gasteiger partial charge in [0.05, 0.1) is 17.1 Å². The molecule has 1 fully saturated rings. The Morgan fingerprint density at radius 3 is 2.95 bits per heavy atom. The van der Waals surface area contributed by atoms with Crippen LogP contribution in [0, 0.1) is 5.41 Å². The van der Waals surface area contributed by atoms with Crippen LogP contribution in [0.15, 0.2) is 24.4 Å². The molecule has 1 atom stereocenters. The van der Waals surface area contributed by atoms with Gasteiger partial charge < -0.3 is 10.0 Å². The molecule has 110 valence electrons. The van der Waals surface area contributed by atoms with Crippen LogP contribution in [0.2, 0.25) is 0 Å². The molecule has 1 aromatic carbocycles. The van der Waals surface area contributed by atoms with Crippen molar-refractivity contribution in [1.82, 2.24) is 15.1 Å². The molecular weight excluding hydrogens is 270 g/mol. The Morgan fingerprint density at radius 2 is 2.29 bits per heavy atom. The number of carbonyl (C=O) groups is 2. The first kappa shape index (κ1) is 13.6. The van der Waals surface area contributed by atoms with Crippen LogP contribution in [-0.4, -0.2) is 45.2 Å². The number of hydrogen-bond donors (Lipinski definition) is 2. The molecule has 1 amide bonds. The van der Waals surface area contributed by atoms with Gasteiger partial charge in [0.15, 0.2) is 0 Å². The summed E-state index contributed by atoms with van der Waals surface area (Å²) in [6.45, 7) is 2.63. The van der Waals surface area contributed by atoms with Gasteiger partial charge in [0, 0.05) is 24.0 Å². The minimum absolute atomic E-state index is 0.116. The minimum atomic E-state index is -0.814. The van der Waals surface area contributed by atoms with Crippen LogP contribution in [-0.2, 0) is 4.79 Å². The molecule has 6 nitrogen and oxygen atoms in total. The molecule has 0 aliphatic carbocycles. The van der Waals surface area contributed by atoms with E-state index in [1.807, 2.05) is 13.0 Å². The maximum atomic E-state index is 12.5. The van der Waals surface area contributed by atoms with Crippen molar-refractivity contribution in [2.75, 3.05) is 13.1 Å². The largest absolute Gasteiger partial charge is 0.481 e. The summed E-state index contributed by atoms with van der Waals surface area (Å²) in [4.78, 5) is 25.6. The summed E-state index contributed by atoms with van der Waals surface area (Å²) in [5.74, 6) is -0.930. The molecule has 2 aromatic rings. The zero-order valence-electron chi connectivity index (χ0n) is 11.8. The predicted octanol–water partition coefficient (Wildman–Crippen LogP) is 1.89. The summed E-state index contributed by atoms with van der Waals surface area (Å²) in [6, 6.07) is 5.35. The number of benzene rings is 1. The van der Waals surface area contributed by atoms with Gasteiger partial charge >= 0.3 is 5.97 Å². The zero-order chi connectivity index (χ0) is 15.0. The summed E-state index contributed by atoms with van der Waals surface area (Å²) in [6.07, 6.45) is 2.72. The number of aromatic amines is 1. The van der Waals surface area contributed by atoms with Crippen LogP contribution in [0.4, 0.5) is 0 Å². The SMILES string of the molecule is CCC1(C(=O)O)CCN(C(=O)c2ccc3[nH]ncc3c2)C1. The molecule has 2 heterocycles. The van der Waals surface area contributed by atoms with E-state index in [-0.39, 0.29) is 12.5 Å². The topological polar surface area (TPSA) is 86.3 Å². The molecule has 1 aromatic heterocycles. The van der Waals surface area contributed by atoms with Crippen LogP contribution >= 0.6 is 0 Å². The van der Waals surface area contributed by atoms with Gasteiger partial charge in [-0.2, -0.15) is 5.10 Å². The average Bonchev–Trinajstić information content (AvgIpc) is 3.13. The van der Waals surface area contributed by atoms with Crippen molar-refractivity contribution < 1.29 is 14.7 Å². The highest BCUT2D eigenvalue weighted by atomic mass is 16.4. The Hall–Kier alpha value is -2.37. The van der Waals surface area contributed by atoms with E-state index in [4.69, 9.17) is 0 Å². The van der Waals surface area contributed by atoms with Gasteiger partial charge in [-0.25, -0.2) is 0 Å². The molecular formula is C15H17N3O3. The number of aromatic nitrogens is 2. The van der Waals surface area contributed by atoms with Crippen molar-refractivity contribution in [3.8, 4) is 0 Å². The van der Waals surface area contributed by atoms with Crippen molar-refractivity contribution in [2.45, 2.75) is 19.8 Å². The third-order valence-corrected chi connectivity index (χ3v) is 4.46. The summed E-state index contributed by atoms with van der Waals surface area (Å²) in [7, 11) is 0. The molecule has 0 bridgehead atoms. The number of carboxylic acid groups (broad SMARTS) is 1. The third kappa shape index (κ3) is 2.16. The van der Waals surface area contributed by atoms with E-state index in [2.05, 4.69) is 10.2 Å². The van der Waals surface area contributed by atoms with E-state index in [9.17, 15) is 14.7 Å². The summed E-state index contributed by atoms with van der Waals surface area (Å²) >= 11 is 0. The number of H-pyrrole nitrogens is 1. The van der Waals surface area contributed by atoms with E-state index >= 15 is 0 Å². The Bertz CT molecular complexity index is 709. The van der Waals surface area contributed by atoms with Crippen LogP contribution in [0.1, 0.15) is 30.1 Å². The number of rotatable bonds is 3. The Balaban J connectivity index is 1.84. The molecule has 21 heavy (non-hydrogen) atoms. The molecule has 6 heteroatoms. The lowest BCUT2D eigenvalue weighted by Crippen LogP contribution is -2.36. The number of likely N-dealkylation sites (tertiary alicyclic amines) is 1. The van der Waals surface area contributed by atoms with Gasteiger partial charge in [0.2, 0.25) is 0 Å². The van der Waals surface area contributed by atoms with E-state index in [1.54, 1.807) is 23.2 Å². The number of amides is 1. The molecule has 1 unspecified atom stereocenters. The van der Waals surface area contributed by atoms with Crippen molar-refractivity contribution in [3.63, 3.8) is 0 Å². The lowest BCUT2D eigenvalue weighted by molar-refractivity contribution is -0.148. The normalized spacial score (nSPS) is 21.9. The predicted molar refractivity (Wildman–Crippen MR) is 77.0 cm³/mol. The number of hydrogen-bond acceptors (Lipinski definition) is 3. The second-order valence-electron chi connectivity index (χ2n) is 5.59. The molecule has 3 rings (SSSR count). The number of carboxylic acids is 1. The quantitative estimate of drug-likeness (QED) is 0.902. The van der Waals surface area contributed by atoms with Crippen molar-refractivity contribution in [3.05, 3.63) is 30.0 Å². The number of nitrogens with one attached hydrogen (secondary N) is 1. The fraction of sp³-hybridized carbons (Fsp3) is 0.400. The highest BCUT2D eigenvalue weighted by Gasteiger charge is 2.44. The van der Waals surface area contributed by atoms with Gasteiger partial charge in [-0.3, -0.25) is 14.7 Å². The fourth-order valence-corrected chi connectivity index (χ4v) is 2.92. The second kappa shape index (κ2) is 4.87. The standard InChI is InChI=1S/C15H17N3O3/c1-2-15(14(20)21)5-6-18(9-15)13(19)10-3-4-12-11(7-10)8-16-17-12/h3-4,7-8H,2,5-6,9H2,1H3,(H,16,17)(H,20,21). The lowest BCUT2D eigenvalue weighted by Gasteiger charge is -2.23. The first-order valence-corrected chi connectivity index (χ1v) is 7.01. The highest BCUT2D eigenvalue weighted by Crippen LogP contribution is 2.35. The number of aliphatic carboxylic acids is 1. The van der Waals surface area contributed by atoms with Gasteiger partial charge in [0.1, 0.15) is 0 Å². The summed E-state index contributed by atoms with van der Waals surface area (Å²) < 4.78 is 0. The zero-order valence-corrected chi connectivity index (χ0v) is 11.8. The third-order valence-electron chi connectivity index (χ3n) is 4.46. The fourth-order valence-electron chi connectivity index (χ4n) is 2.92. The molecule has 0 spiro atoms. The summed E-state index contributed by atoms with van der Waals surface area (Å²) in [5.41, 5.74) is 0.651. The Morgan fingerprint density at radius 1 is 1.48 bits per heavy atom. The average molecular weight is 287 g/mol. The van der Waals surface area contributed by atoms with Crippen molar-refractivity contribution >= 4 is 22.8 Å². The van der Waals surface area contributed by atoms with Crippen LogP contribution < -0.4 is 0 Å². The second-order valence-corrected chi connectivity index (χ2v) is 5.59. The molecule has 1 aliphatic rings. The molecule has 2 N–H and O–H groups in total. The van der Waals surface area contributed by atoms with Crippen LogP contribution in [0.25, 0.3) is 10.9 Å². The molecule has 1 saturated heterocycles. The Labute approximate surface area is 121 Å². The van der Waals surface area contributed by atoms with Crippen LogP contribution in [0.5, 0.6) is 0 Å². The van der Waals surface area contributed by atoms with Gasteiger partial charge in [-0.1, -0.05) is 6.92 Å². The minimum Gasteiger partial charge on any atom is -0.481 e. The van der Waals surface area contributed by atoms with Crippen molar-refractivity contribution in [1.29, 1.82) is 0 Å². The Kier molecular flexibility index (Phi) is 3.16. The molecule has 0 radical (unpaired) electrons.